The summed E-state index contributed by atoms with van der Waals surface area (Å²) in [6.45, 7) is 0. The minimum absolute atomic E-state index is 0.00280. The first kappa shape index (κ1) is 14.1. The molecule has 0 bridgehead atoms. The summed E-state index contributed by atoms with van der Waals surface area (Å²) >= 11 is 2.90. The van der Waals surface area contributed by atoms with E-state index in [0.717, 1.165) is 6.07 Å². The maximum absolute atomic E-state index is 12.8. The number of hydrogen-bond donors (Lipinski definition) is 1. The fourth-order valence-corrected chi connectivity index (χ4v) is 2.19. The predicted molar refractivity (Wildman–Crippen MR) is 68.4 cm³/mol. The van der Waals surface area contributed by atoms with Gasteiger partial charge in [0, 0.05) is 17.7 Å². The van der Waals surface area contributed by atoms with Crippen molar-refractivity contribution in [3.8, 4) is 0 Å². The highest BCUT2D eigenvalue weighted by atomic mass is 79.9. The summed E-state index contributed by atoms with van der Waals surface area (Å²) in [6.07, 6.45) is -2.72. The molecule has 2 N–H and O–H groups in total. The topological polar surface area (TPSA) is 43.8 Å². The van der Waals surface area contributed by atoms with Gasteiger partial charge in [0.2, 0.25) is 0 Å². The van der Waals surface area contributed by atoms with Crippen molar-refractivity contribution in [2.24, 2.45) is 12.8 Å². The van der Waals surface area contributed by atoms with Crippen LogP contribution in [0.2, 0.25) is 0 Å². The summed E-state index contributed by atoms with van der Waals surface area (Å²) in [6, 6.07) is 4.94. The predicted octanol–water partition coefficient (Wildman–Crippen LogP) is 3.25. The Bertz CT molecular complexity index is 592. The molecule has 1 heterocycles. The Labute approximate surface area is 116 Å². The van der Waals surface area contributed by atoms with Crippen molar-refractivity contribution in [3.63, 3.8) is 0 Å². The molecule has 1 aromatic heterocycles. The summed E-state index contributed by atoms with van der Waals surface area (Å²) in [5.74, 6) is 0. The van der Waals surface area contributed by atoms with Crippen LogP contribution in [0.4, 0.5) is 13.2 Å². The highest BCUT2D eigenvalue weighted by Crippen LogP contribution is 2.36. The van der Waals surface area contributed by atoms with E-state index in [0.29, 0.717) is 11.3 Å². The third kappa shape index (κ3) is 2.98. The van der Waals surface area contributed by atoms with Crippen LogP contribution >= 0.6 is 15.9 Å². The average molecular weight is 334 g/mol. The van der Waals surface area contributed by atoms with E-state index < -0.39 is 17.8 Å². The zero-order valence-corrected chi connectivity index (χ0v) is 11.5. The van der Waals surface area contributed by atoms with Crippen molar-refractivity contribution in [2.45, 2.75) is 12.2 Å². The van der Waals surface area contributed by atoms with E-state index in [4.69, 9.17) is 5.73 Å². The molecule has 0 radical (unpaired) electrons. The minimum Gasteiger partial charge on any atom is -0.319 e. The molecule has 1 unspecified atom stereocenters. The van der Waals surface area contributed by atoms with E-state index in [1.807, 2.05) is 0 Å². The maximum atomic E-state index is 12.8. The normalized spacial score (nSPS) is 13.6. The van der Waals surface area contributed by atoms with E-state index >= 15 is 0 Å². The van der Waals surface area contributed by atoms with Crippen molar-refractivity contribution in [1.82, 2.24) is 9.78 Å². The first-order valence-electron chi connectivity index (χ1n) is 5.41. The zero-order chi connectivity index (χ0) is 14.2. The molecule has 0 amide bonds. The van der Waals surface area contributed by atoms with Crippen molar-refractivity contribution in [2.75, 3.05) is 0 Å². The first-order chi connectivity index (χ1) is 8.79. The Balaban J connectivity index is 2.41. The van der Waals surface area contributed by atoms with Gasteiger partial charge in [-0.15, -0.1) is 0 Å². The third-order valence-corrected chi connectivity index (χ3v) is 3.40. The van der Waals surface area contributed by atoms with Crippen molar-refractivity contribution < 1.29 is 13.2 Å². The number of rotatable bonds is 2. The van der Waals surface area contributed by atoms with E-state index in [-0.39, 0.29) is 4.47 Å². The van der Waals surface area contributed by atoms with Gasteiger partial charge in [0.25, 0.3) is 0 Å². The van der Waals surface area contributed by atoms with Gasteiger partial charge in [-0.3, -0.25) is 4.68 Å². The lowest BCUT2D eigenvalue weighted by Gasteiger charge is -2.14. The fourth-order valence-electron chi connectivity index (χ4n) is 1.72. The lowest BCUT2D eigenvalue weighted by Crippen LogP contribution is -2.15. The van der Waals surface area contributed by atoms with Crippen molar-refractivity contribution >= 4 is 15.9 Å². The second-order valence-electron chi connectivity index (χ2n) is 4.13. The third-order valence-electron chi connectivity index (χ3n) is 2.71. The molecule has 0 aliphatic heterocycles. The Morgan fingerprint density at radius 3 is 2.53 bits per heavy atom. The van der Waals surface area contributed by atoms with Crippen LogP contribution in [0.5, 0.6) is 0 Å². The number of alkyl halides is 3. The molecule has 0 fully saturated rings. The summed E-state index contributed by atoms with van der Waals surface area (Å²) in [7, 11) is 1.72. The van der Waals surface area contributed by atoms with Crippen LogP contribution < -0.4 is 5.73 Å². The lowest BCUT2D eigenvalue weighted by molar-refractivity contribution is -0.138. The lowest BCUT2D eigenvalue weighted by atomic mass is 10.0. The van der Waals surface area contributed by atoms with E-state index in [2.05, 4.69) is 21.0 Å². The van der Waals surface area contributed by atoms with Crippen molar-refractivity contribution in [3.05, 3.63) is 51.8 Å². The van der Waals surface area contributed by atoms with E-state index in [1.165, 1.54) is 6.07 Å². The molecule has 0 spiro atoms. The molecule has 0 saturated carbocycles. The van der Waals surface area contributed by atoms with Gasteiger partial charge in [-0.05, 0) is 23.8 Å². The molecule has 3 nitrogen and oxygen atoms in total. The molecule has 0 aliphatic carbocycles. The molecule has 102 valence electrons. The molecular weight excluding hydrogens is 323 g/mol. The van der Waals surface area contributed by atoms with Gasteiger partial charge in [0.1, 0.15) is 0 Å². The smallest absolute Gasteiger partial charge is 0.319 e. The zero-order valence-electron chi connectivity index (χ0n) is 9.95. The Kier molecular flexibility index (Phi) is 3.69. The summed E-state index contributed by atoms with van der Waals surface area (Å²) < 4.78 is 40.0. The van der Waals surface area contributed by atoms with Gasteiger partial charge >= 0.3 is 6.18 Å². The van der Waals surface area contributed by atoms with Gasteiger partial charge in [-0.2, -0.15) is 18.3 Å². The van der Waals surface area contributed by atoms with Gasteiger partial charge in [-0.1, -0.05) is 22.0 Å². The molecule has 19 heavy (non-hydrogen) atoms. The summed E-state index contributed by atoms with van der Waals surface area (Å²) in [5.41, 5.74) is 6.09. The van der Waals surface area contributed by atoms with Crippen LogP contribution in [-0.4, -0.2) is 9.78 Å². The standard InChI is InChI=1S/C12H11BrF3N3/c1-19-5-4-10(18-19)11(17)7-2-3-9(13)8(6-7)12(14,15)16/h2-6,11H,17H2,1H3. The number of aryl methyl sites for hydroxylation is 1. The highest BCUT2D eigenvalue weighted by Gasteiger charge is 2.33. The molecule has 7 heteroatoms. The second-order valence-corrected chi connectivity index (χ2v) is 4.98. The van der Waals surface area contributed by atoms with Crippen LogP contribution in [0.1, 0.15) is 22.9 Å². The summed E-state index contributed by atoms with van der Waals surface area (Å²) in [5, 5.41) is 4.10. The number of benzene rings is 1. The van der Waals surface area contributed by atoms with E-state index in [1.54, 1.807) is 30.1 Å². The minimum atomic E-state index is -4.42. The van der Waals surface area contributed by atoms with E-state index in [9.17, 15) is 13.2 Å². The molecule has 0 saturated heterocycles. The van der Waals surface area contributed by atoms with Gasteiger partial charge < -0.3 is 5.73 Å². The molecule has 2 rings (SSSR count). The molecule has 1 aromatic carbocycles. The van der Waals surface area contributed by atoms with Crippen LogP contribution in [-0.2, 0) is 13.2 Å². The van der Waals surface area contributed by atoms with Crippen LogP contribution in [0, 0.1) is 0 Å². The molecular formula is C12H11BrF3N3. The Morgan fingerprint density at radius 2 is 2.00 bits per heavy atom. The first-order valence-corrected chi connectivity index (χ1v) is 6.20. The largest absolute Gasteiger partial charge is 0.417 e. The number of nitrogens with two attached hydrogens (primary N) is 1. The number of hydrogen-bond acceptors (Lipinski definition) is 2. The summed E-state index contributed by atoms with van der Waals surface area (Å²) in [4.78, 5) is 0. The number of nitrogens with zero attached hydrogens (tertiary/aromatic N) is 2. The van der Waals surface area contributed by atoms with Crippen LogP contribution in [0.25, 0.3) is 0 Å². The maximum Gasteiger partial charge on any atom is 0.417 e. The SMILES string of the molecule is Cn1ccc(C(N)c2ccc(Br)c(C(F)(F)F)c2)n1. The van der Waals surface area contributed by atoms with Crippen LogP contribution in [0.15, 0.2) is 34.9 Å². The number of aromatic nitrogens is 2. The molecule has 0 aliphatic rings. The number of halogens is 4. The van der Waals surface area contributed by atoms with Gasteiger partial charge in [-0.25, -0.2) is 0 Å². The van der Waals surface area contributed by atoms with Gasteiger partial charge in [0.05, 0.1) is 17.3 Å². The van der Waals surface area contributed by atoms with Crippen molar-refractivity contribution in [1.29, 1.82) is 0 Å². The second kappa shape index (κ2) is 4.97. The fraction of sp³-hybridized carbons (Fsp3) is 0.250. The van der Waals surface area contributed by atoms with Crippen LogP contribution in [0.3, 0.4) is 0 Å². The van der Waals surface area contributed by atoms with Gasteiger partial charge in [0.15, 0.2) is 0 Å². The molecule has 1 atom stereocenters. The quantitative estimate of drug-likeness (QED) is 0.916. The highest BCUT2D eigenvalue weighted by molar-refractivity contribution is 9.10. The molecule has 2 aromatic rings. The average Bonchev–Trinajstić information content (AvgIpc) is 2.74. The monoisotopic (exact) mass is 333 g/mol. The Hall–Kier alpha value is -1.34. The Morgan fingerprint density at radius 1 is 1.32 bits per heavy atom.